The summed E-state index contributed by atoms with van der Waals surface area (Å²) in [6.45, 7) is 1.34. The molecular weight excluding hydrogens is 407 g/mol. The molecule has 0 saturated carbocycles. The Hall–Kier alpha value is -2.61. The first-order chi connectivity index (χ1) is 12.3. The molecule has 8 heteroatoms. The number of nitrogens with one attached hydrogen (secondary N) is 2. The fourth-order valence-corrected chi connectivity index (χ4v) is 2.76. The van der Waals surface area contributed by atoms with Gasteiger partial charge in [0, 0.05) is 17.1 Å². The van der Waals surface area contributed by atoms with Gasteiger partial charge in [0.2, 0.25) is 11.8 Å². The summed E-state index contributed by atoms with van der Waals surface area (Å²) in [5.74, 6) is -0.298. The van der Waals surface area contributed by atoms with Gasteiger partial charge in [-0.2, -0.15) is 0 Å². The van der Waals surface area contributed by atoms with Gasteiger partial charge < -0.3 is 20.1 Å². The highest BCUT2D eigenvalue weighted by Crippen LogP contribution is 2.33. The molecule has 2 aromatic carbocycles. The van der Waals surface area contributed by atoms with E-state index in [9.17, 15) is 14.0 Å². The van der Waals surface area contributed by atoms with E-state index in [1.54, 1.807) is 12.1 Å². The summed E-state index contributed by atoms with van der Waals surface area (Å²) < 4.78 is 25.0. The number of carbonyl (C=O) groups is 2. The molecule has 2 amide bonds. The molecule has 0 fully saturated rings. The molecule has 2 N–H and O–H groups in total. The molecule has 0 aromatic heterocycles. The Morgan fingerprint density at radius 2 is 1.73 bits per heavy atom. The van der Waals surface area contributed by atoms with E-state index in [-0.39, 0.29) is 18.0 Å². The van der Waals surface area contributed by atoms with Crippen LogP contribution in [0.1, 0.15) is 12.5 Å². The van der Waals surface area contributed by atoms with E-state index in [1.165, 1.54) is 39.3 Å². The molecular formula is C18H18BrFN2O4. The first-order valence-corrected chi connectivity index (χ1v) is 8.40. The second kappa shape index (κ2) is 8.66. The fourth-order valence-electron chi connectivity index (χ4n) is 2.30. The van der Waals surface area contributed by atoms with Crippen LogP contribution in [0, 0.1) is 5.82 Å². The van der Waals surface area contributed by atoms with Crippen LogP contribution in [0.15, 0.2) is 34.8 Å². The van der Waals surface area contributed by atoms with Gasteiger partial charge in [-0.3, -0.25) is 9.59 Å². The summed E-state index contributed by atoms with van der Waals surface area (Å²) in [5.41, 5.74) is 1.03. The number of methoxy groups -OCH3 is 2. The van der Waals surface area contributed by atoms with Crippen LogP contribution < -0.4 is 20.1 Å². The third-order valence-corrected chi connectivity index (χ3v) is 4.20. The Bertz CT molecular complexity index is 842. The van der Waals surface area contributed by atoms with Crippen molar-refractivity contribution >= 4 is 39.1 Å². The van der Waals surface area contributed by atoms with Gasteiger partial charge in [0.1, 0.15) is 5.82 Å². The molecule has 0 radical (unpaired) electrons. The average molecular weight is 425 g/mol. The van der Waals surface area contributed by atoms with Gasteiger partial charge in [0.05, 0.1) is 26.3 Å². The SMILES string of the molecule is COc1cc(Br)c(CC(=O)Nc2cc(NC(C)=O)ccc2F)cc1OC. The Labute approximate surface area is 158 Å². The van der Waals surface area contributed by atoms with Crippen LogP contribution in [-0.4, -0.2) is 26.0 Å². The second-order valence-corrected chi connectivity index (χ2v) is 6.25. The van der Waals surface area contributed by atoms with Crippen molar-refractivity contribution in [2.75, 3.05) is 24.9 Å². The fraction of sp³-hybridized carbons (Fsp3) is 0.222. The zero-order chi connectivity index (χ0) is 19.3. The van der Waals surface area contributed by atoms with Gasteiger partial charge in [0.25, 0.3) is 0 Å². The first kappa shape index (κ1) is 19.7. The molecule has 2 rings (SSSR count). The number of benzene rings is 2. The minimum Gasteiger partial charge on any atom is -0.493 e. The molecule has 0 atom stereocenters. The van der Waals surface area contributed by atoms with Crippen LogP contribution >= 0.6 is 15.9 Å². The van der Waals surface area contributed by atoms with Crippen LogP contribution in [0.5, 0.6) is 11.5 Å². The number of anilines is 2. The van der Waals surface area contributed by atoms with E-state index in [4.69, 9.17) is 9.47 Å². The molecule has 0 aliphatic rings. The van der Waals surface area contributed by atoms with Crippen molar-refractivity contribution in [1.82, 2.24) is 0 Å². The van der Waals surface area contributed by atoms with E-state index >= 15 is 0 Å². The molecule has 6 nitrogen and oxygen atoms in total. The molecule has 0 aliphatic carbocycles. The second-order valence-electron chi connectivity index (χ2n) is 5.40. The van der Waals surface area contributed by atoms with Crippen LogP contribution in [0.4, 0.5) is 15.8 Å². The monoisotopic (exact) mass is 424 g/mol. The first-order valence-electron chi connectivity index (χ1n) is 7.61. The molecule has 138 valence electrons. The number of hydrogen-bond donors (Lipinski definition) is 2. The zero-order valence-electron chi connectivity index (χ0n) is 14.5. The van der Waals surface area contributed by atoms with E-state index in [0.717, 1.165) is 0 Å². The van der Waals surface area contributed by atoms with Crippen molar-refractivity contribution < 1.29 is 23.5 Å². The maximum atomic E-state index is 13.9. The average Bonchev–Trinajstić information content (AvgIpc) is 2.58. The molecule has 0 aliphatic heterocycles. The lowest BCUT2D eigenvalue weighted by molar-refractivity contribution is -0.116. The Balaban J connectivity index is 2.18. The molecule has 26 heavy (non-hydrogen) atoms. The molecule has 0 saturated heterocycles. The van der Waals surface area contributed by atoms with Gasteiger partial charge in [0.15, 0.2) is 11.5 Å². The highest BCUT2D eigenvalue weighted by Gasteiger charge is 2.14. The van der Waals surface area contributed by atoms with Gasteiger partial charge in [-0.15, -0.1) is 0 Å². The van der Waals surface area contributed by atoms with Crippen molar-refractivity contribution in [3.05, 3.63) is 46.2 Å². The summed E-state index contributed by atoms with van der Waals surface area (Å²) >= 11 is 3.38. The number of rotatable bonds is 6. The molecule has 0 heterocycles. The number of hydrogen-bond acceptors (Lipinski definition) is 4. The lowest BCUT2D eigenvalue weighted by atomic mass is 10.1. The summed E-state index contributed by atoms with van der Waals surface area (Å²) in [7, 11) is 3.01. The summed E-state index contributed by atoms with van der Waals surface area (Å²) in [6, 6.07) is 7.31. The molecule has 0 bridgehead atoms. The van der Waals surface area contributed by atoms with Crippen molar-refractivity contribution in [2.45, 2.75) is 13.3 Å². The van der Waals surface area contributed by atoms with Crippen LogP contribution in [0.2, 0.25) is 0 Å². The van der Waals surface area contributed by atoms with Crippen molar-refractivity contribution in [3.8, 4) is 11.5 Å². The van der Waals surface area contributed by atoms with Crippen LogP contribution in [0.3, 0.4) is 0 Å². The Morgan fingerprint density at radius 3 is 2.35 bits per heavy atom. The van der Waals surface area contributed by atoms with Crippen LogP contribution in [0.25, 0.3) is 0 Å². The molecule has 0 spiro atoms. The quantitative estimate of drug-likeness (QED) is 0.740. The van der Waals surface area contributed by atoms with Gasteiger partial charge >= 0.3 is 0 Å². The predicted molar refractivity (Wildman–Crippen MR) is 100 cm³/mol. The van der Waals surface area contributed by atoms with E-state index < -0.39 is 11.7 Å². The summed E-state index contributed by atoms with van der Waals surface area (Å²) in [4.78, 5) is 23.4. The maximum absolute atomic E-state index is 13.9. The smallest absolute Gasteiger partial charge is 0.228 e. The third kappa shape index (κ3) is 4.95. The van der Waals surface area contributed by atoms with E-state index in [1.807, 2.05) is 0 Å². The van der Waals surface area contributed by atoms with Gasteiger partial charge in [-0.25, -0.2) is 4.39 Å². The Morgan fingerprint density at radius 1 is 1.08 bits per heavy atom. The zero-order valence-corrected chi connectivity index (χ0v) is 16.1. The largest absolute Gasteiger partial charge is 0.493 e. The Kier molecular flexibility index (Phi) is 6.57. The minimum atomic E-state index is -0.598. The summed E-state index contributed by atoms with van der Waals surface area (Å²) in [5, 5.41) is 5.04. The topological polar surface area (TPSA) is 76.7 Å². The van der Waals surface area contributed by atoms with Crippen molar-refractivity contribution in [3.63, 3.8) is 0 Å². The standard InChI is InChI=1S/C18H18BrFN2O4/c1-10(23)21-12-4-5-14(20)15(8-12)22-18(24)7-11-6-16(25-2)17(26-3)9-13(11)19/h4-6,8-9H,7H2,1-3H3,(H,21,23)(H,22,24). The molecule has 2 aromatic rings. The minimum absolute atomic E-state index is 0.00918. The summed E-state index contributed by atoms with van der Waals surface area (Å²) in [6.07, 6.45) is -0.00918. The number of halogens is 2. The van der Waals surface area contributed by atoms with Gasteiger partial charge in [-0.1, -0.05) is 15.9 Å². The lowest BCUT2D eigenvalue weighted by Crippen LogP contribution is -2.16. The van der Waals surface area contributed by atoms with E-state index in [2.05, 4.69) is 26.6 Å². The lowest BCUT2D eigenvalue weighted by Gasteiger charge is -2.13. The maximum Gasteiger partial charge on any atom is 0.228 e. The van der Waals surface area contributed by atoms with Gasteiger partial charge in [-0.05, 0) is 35.9 Å². The van der Waals surface area contributed by atoms with Crippen molar-refractivity contribution in [1.29, 1.82) is 0 Å². The number of carbonyl (C=O) groups excluding carboxylic acids is 2. The normalized spacial score (nSPS) is 10.2. The number of amides is 2. The van der Waals surface area contributed by atoms with Crippen molar-refractivity contribution in [2.24, 2.45) is 0 Å². The van der Waals surface area contributed by atoms with Crippen LogP contribution in [-0.2, 0) is 16.0 Å². The number of ether oxygens (including phenoxy) is 2. The highest BCUT2D eigenvalue weighted by atomic mass is 79.9. The molecule has 0 unspecified atom stereocenters. The third-order valence-electron chi connectivity index (χ3n) is 3.46. The highest BCUT2D eigenvalue weighted by molar-refractivity contribution is 9.10. The van der Waals surface area contributed by atoms with E-state index in [0.29, 0.717) is 27.2 Å². The predicted octanol–water partition coefficient (Wildman–Crippen LogP) is 3.75.